The topological polar surface area (TPSA) is 34.1 Å². The van der Waals surface area contributed by atoms with E-state index in [0.29, 0.717) is 6.42 Å². The summed E-state index contributed by atoms with van der Waals surface area (Å²) in [6.45, 7) is 12.3. The minimum atomic E-state index is -1.20. The number of alkyl halides is 2. The highest BCUT2D eigenvalue weighted by Gasteiger charge is 2.56. The van der Waals surface area contributed by atoms with Gasteiger partial charge in [0.15, 0.2) is 14.8 Å². The minimum absolute atomic E-state index is 0.0412. The molecule has 0 heterocycles. The molecule has 0 bridgehead atoms. The Bertz CT molecular complexity index is 338. The highest BCUT2D eigenvalue weighted by molar-refractivity contribution is 9.26. The number of hydrogen-bond acceptors (Lipinski definition) is 2. The van der Waals surface area contributed by atoms with Gasteiger partial charge in [-0.1, -0.05) is 73.4 Å². The van der Waals surface area contributed by atoms with Crippen molar-refractivity contribution < 1.29 is 9.59 Å². The molecule has 1 rings (SSSR count). The summed E-state index contributed by atoms with van der Waals surface area (Å²) in [6, 6.07) is 0. The molecular weight excluding hydrogens is 360 g/mol. The van der Waals surface area contributed by atoms with E-state index in [1.807, 2.05) is 0 Å². The van der Waals surface area contributed by atoms with Gasteiger partial charge in [-0.2, -0.15) is 0 Å². The van der Waals surface area contributed by atoms with E-state index in [4.69, 9.17) is 0 Å². The summed E-state index contributed by atoms with van der Waals surface area (Å²) in [5.74, 6) is -0.308. The minimum Gasteiger partial charge on any atom is -0.296 e. The van der Waals surface area contributed by atoms with Gasteiger partial charge < -0.3 is 0 Å². The zero-order valence-electron chi connectivity index (χ0n) is 11.9. The lowest BCUT2D eigenvalue weighted by Crippen LogP contribution is -2.54. The Labute approximate surface area is 127 Å². The lowest BCUT2D eigenvalue weighted by atomic mass is 9.62. The van der Waals surface area contributed by atoms with Crippen LogP contribution in [0.1, 0.15) is 48.0 Å². The van der Waals surface area contributed by atoms with Gasteiger partial charge >= 0.3 is 0 Å². The van der Waals surface area contributed by atoms with Gasteiger partial charge in [-0.15, -0.1) is 0 Å². The SMILES string of the molecule is CC(C)(C)[C@H]1C[C@H](C(C)(C)C)C(=O)C(Br)(Br)C1=O. The summed E-state index contributed by atoms with van der Waals surface area (Å²) in [5, 5.41) is 0. The maximum atomic E-state index is 12.5. The first kappa shape index (κ1) is 16.4. The third-order valence-corrected chi connectivity index (χ3v) is 5.38. The second kappa shape index (κ2) is 4.69. The zero-order chi connectivity index (χ0) is 14.5. The average Bonchev–Trinajstić information content (AvgIpc) is 2.11. The molecule has 0 aromatic heterocycles. The lowest BCUT2D eigenvalue weighted by molar-refractivity contribution is -0.141. The molecule has 104 valence electrons. The Hall–Kier alpha value is 0.300. The molecule has 0 spiro atoms. The van der Waals surface area contributed by atoms with E-state index in [9.17, 15) is 9.59 Å². The van der Waals surface area contributed by atoms with Crippen LogP contribution in [-0.4, -0.2) is 14.8 Å². The summed E-state index contributed by atoms with van der Waals surface area (Å²) in [6.07, 6.45) is 0.642. The summed E-state index contributed by atoms with van der Waals surface area (Å²) < 4.78 is -1.20. The molecule has 18 heavy (non-hydrogen) atoms. The highest BCUT2D eigenvalue weighted by atomic mass is 79.9. The van der Waals surface area contributed by atoms with Gasteiger partial charge in [0.05, 0.1) is 0 Å². The third kappa shape index (κ3) is 2.90. The molecule has 0 aromatic rings. The molecule has 0 amide bonds. The van der Waals surface area contributed by atoms with E-state index in [-0.39, 0.29) is 34.2 Å². The number of carbonyl (C=O) groups excluding carboxylic acids is 2. The Kier molecular flexibility index (Phi) is 4.26. The van der Waals surface area contributed by atoms with Crippen molar-refractivity contribution in [3.05, 3.63) is 0 Å². The Morgan fingerprint density at radius 2 is 1.17 bits per heavy atom. The molecule has 0 unspecified atom stereocenters. The molecule has 2 atom stereocenters. The van der Waals surface area contributed by atoms with Gasteiger partial charge in [0.2, 0.25) is 0 Å². The van der Waals surface area contributed by atoms with Crippen molar-refractivity contribution in [2.75, 3.05) is 0 Å². The van der Waals surface area contributed by atoms with E-state index in [2.05, 4.69) is 73.4 Å². The number of Topliss-reactive ketones (excluding diaryl/α,β-unsaturated/α-hetero) is 2. The van der Waals surface area contributed by atoms with Gasteiger partial charge in [0.25, 0.3) is 0 Å². The molecule has 0 aromatic carbocycles. The van der Waals surface area contributed by atoms with Crippen LogP contribution in [0.4, 0.5) is 0 Å². The summed E-state index contributed by atoms with van der Waals surface area (Å²) in [7, 11) is 0. The van der Waals surface area contributed by atoms with Crippen molar-refractivity contribution >= 4 is 43.4 Å². The molecule has 1 aliphatic rings. The van der Waals surface area contributed by atoms with Crippen molar-refractivity contribution in [1.82, 2.24) is 0 Å². The van der Waals surface area contributed by atoms with Gasteiger partial charge in [0.1, 0.15) is 0 Å². The largest absolute Gasteiger partial charge is 0.296 e. The molecule has 1 fully saturated rings. The van der Waals surface area contributed by atoms with Crippen LogP contribution in [0, 0.1) is 22.7 Å². The summed E-state index contributed by atoms with van der Waals surface area (Å²) in [5.41, 5.74) is -0.262. The van der Waals surface area contributed by atoms with Gasteiger partial charge in [-0.05, 0) is 17.3 Å². The van der Waals surface area contributed by atoms with Crippen LogP contribution in [-0.2, 0) is 9.59 Å². The van der Waals surface area contributed by atoms with Gasteiger partial charge in [-0.25, -0.2) is 0 Å². The third-order valence-electron chi connectivity index (χ3n) is 3.81. The summed E-state index contributed by atoms with van der Waals surface area (Å²) >= 11 is 6.61. The van der Waals surface area contributed by atoms with Crippen LogP contribution in [0.2, 0.25) is 0 Å². The molecule has 0 saturated heterocycles. The first-order chi connectivity index (χ1) is 7.79. The smallest absolute Gasteiger partial charge is 0.196 e. The fourth-order valence-electron chi connectivity index (χ4n) is 2.50. The van der Waals surface area contributed by atoms with E-state index >= 15 is 0 Å². The fraction of sp³-hybridized carbons (Fsp3) is 0.857. The first-order valence-corrected chi connectivity index (χ1v) is 7.84. The molecule has 1 saturated carbocycles. The quantitative estimate of drug-likeness (QED) is 0.462. The fourth-order valence-corrected chi connectivity index (χ4v) is 3.61. The van der Waals surface area contributed by atoms with Crippen LogP contribution in [0.5, 0.6) is 0 Å². The predicted molar refractivity (Wildman–Crippen MR) is 81.1 cm³/mol. The Morgan fingerprint density at radius 3 is 1.39 bits per heavy atom. The number of rotatable bonds is 0. The second-order valence-corrected chi connectivity index (χ2v) is 10.8. The van der Waals surface area contributed by atoms with Crippen molar-refractivity contribution in [1.29, 1.82) is 0 Å². The lowest BCUT2D eigenvalue weighted by Gasteiger charge is -2.44. The maximum absolute atomic E-state index is 12.5. The average molecular weight is 382 g/mol. The van der Waals surface area contributed by atoms with Crippen molar-refractivity contribution in [3.8, 4) is 0 Å². The normalized spacial score (nSPS) is 29.6. The van der Waals surface area contributed by atoms with Crippen molar-refractivity contribution in [2.24, 2.45) is 22.7 Å². The van der Waals surface area contributed by atoms with Gasteiger partial charge in [0, 0.05) is 11.8 Å². The number of hydrogen-bond donors (Lipinski definition) is 0. The van der Waals surface area contributed by atoms with Crippen LogP contribution in [0.25, 0.3) is 0 Å². The summed E-state index contributed by atoms with van der Waals surface area (Å²) in [4.78, 5) is 24.9. The van der Waals surface area contributed by atoms with Crippen molar-refractivity contribution in [2.45, 2.75) is 51.2 Å². The molecule has 0 radical (unpaired) electrons. The maximum Gasteiger partial charge on any atom is 0.196 e. The first-order valence-electron chi connectivity index (χ1n) is 6.26. The highest BCUT2D eigenvalue weighted by Crippen LogP contribution is 2.50. The monoisotopic (exact) mass is 380 g/mol. The Balaban J connectivity index is 3.23. The van der Waals surface area contributed by atoms with Crippen LogP contribution in [0.15, 0.2) is 0 Å². The molecule has 0 aliphatic heterocycles. The van der Waals surface area contributed by atoms with Crippen LogP contribution < -0.4 is 0 Å². The number of ketones is 2. The van der Waals surface area contributed by atoms with E-state index in [0.717, 1.165) is 0 Å². The van der Waals surface area contributed by atoms with E-state index in [1.165, 1.54) is 0 Å². The molecule has 1 aliphatic carbocycles. The number of halogens is 2. The second-order valence-electron chi connectivity index (χ2n) is 7.38. The Morgan fingerprint density at radius 1 is 0.889 bits per heavy atom. The molecule has 4 heteroatoms. The van der Waals surface area contributed by atoms with Crippen LogP contribution in [0.3, 0.4) is 0 Å². The van der Waals surface area contributed by atoms with Gasteiger partial charge in [-0.3, -0.25) is 9.59 Å². The molecule has 0 N–H and O–H groups in total. The predicted octanol–water partition coefficient (Wildman–Crippen LogP) is 4.34. The van der Waals surface area contributed by atoms with E-state index in [1.54, 1.807) is 0 Å². The van der Waals surface area contributed by atoms with Crippen molar-refractivity contribution in [3.63, 3.8) is 0 Å². The molecule has 2 nitrogen and oxygen atoms in total. The molecular formula is C14H22Br2O2. The zero-order valence-corrected chi connectivity index (χ0v) is 15.1. The number of carbonyl (C=O) groups is 2. The van der Waals surface area contributed by atoms with Crippen LogP contribution >= 0.6 is 31.9 Å². The standard InChI is InChI=1S/C14H22Br2O2/c1-12(2,3)8-7-9(13(4,5)6)11(18)14(15,16)10(8)17/h8-9H,7H2,1-6H3/t8-,9-/m0/s1. The van der Waals surface area contributed by atoms with E-state index < -0.39 is 3.23 Å².